The molecule has 0 saturated heterocycles. The van der Waals surface area contributed by atoms with Crippen molar-refractivity contribution >= 4 is 23.0 Å². The maximum atomic E-state index is 13.4. The minimum absolute atomic E-state index is 0.00650. The van der Waals surface area contributed by atoms with Gasteiger partial charge in [0.15, 0.2) is 5.82 Å². The van der Waals surface area contributed by atoms with Gasteiger partial charge >= 0.3 is 6.03 Å². The van der Waals surface area contributed by atoms with Crippen LogP contribution in [-0.2, 0) is 6.54 Å². The van der Waals surface area contributed by atoms with Gasteiger partial charge in [-0.05, 0) is 0 Å². The number of benzene rings is 1. The van der Waals surface area contributed by atoms with Gasteiger partial charge in [-0.1, -0.05) is 0 Å². The number of nitrogens with zero attached hydrogens (tertiary/aromatic N) is 2. The molecule has 2 amide bonds. The SMILES string of the molecule is NC(=O)NCCn1c(N)nc2c(F)cc(F)cc21. The van der Waals surface area contributed by atoms with Crippen molar-refractivity contribution in [2.45, 2.75) is 6.54 Å². The minimum Gasteiger partial charge on any atom is -0.369 e. The highest BCUT2D eigenvalue weighted by atomic mass is 19.1. The first-order valence-corrected chi connectivity index (χ1v) is 5.13. The van der Waals surface area contributed by atoms with Gasteiger partial charge in [0, 0.05) is 25.2 Å². The Morgan fingerprint density at radius 1 is 1.44 bits per heavy atom. The van der Waals surface area contributed by atoms with Crippen LogP contribution in [-0.4, -0.2) is 22.1 Å². The molecular weight excluding hydrogens is 244 g/mol. The van der Waals surface area contributed by atoms with Gasteiger partial charge in [-0.25, -0.2) is 18.6 Å². The zero-order chi connectivity index (χ0) is 13.3. The lowest BCUT2D eigenvalue weighted by Gasteiger charge is -2.06. The summed E-state index contributed by atoms with van der Waals surface area (Å²) in [6.45, 7) is 0.400. The third kappa shape index (κ3) is 2.17. The Morgan fingerprint density at radius 2 is 2.17 bits per heavy atom. The summed E-state index contributed by atoms with van der Waals surface area (Å²) in [5, 5.41) is 2.35. The number of nitrogen functional groups attached to an aromatic ring is 1. The van der Waals surface area contributed by atoms with E-state index < -0.39 is 17.7 Å². The van der Waals surface area contributed by atoms with Gasteiger partial charge in [0.2, 0.25) is 5.95 Å². The fraction of sp³-hybridized carbons (Fsp3) is 0.200. The highest BCUT2D eigenvalue weighted by Crippen LogP contribution is 2.21. The predicted octanol–water partition coefficient (Wildman–Crippen LogP) is 0.565. The van der Waals surface area contributed by atoms with Crippen molar-refractivity contribution in [3.63, 3.8) is 0 Å². The lowest BCUT2D eigenvalue weighted by Crippen LogP contribution is -2.32. The predicted molar refractivity (Wildman–Crippen MR) is 61.6 cm³/mol. The number of nitrogens with one attached hydrogen (secondary N) is 1. The number of hydrogen-bond acceptors (Lipinski definition) is 3. The number of fused-ring (bicyclic) bond motifs is 1. The maximum Gasteiger partial charge on any atom is 0.312 e. The van der Waals surface area contributed by atoms with Crippen LogP contribution in [0.1, 0.15) is 0 Å². The monoisotopic (exact) mass is 255 g/mol. The van der Waals surface area contributed by atoms with Crippen LogP contribution in [0.2, 0.25) is 0 Å². The average molecular weight is 255 g/mol. The van der Waals surface area contributed by atoms with Crippen LogP contribution in [0.3, 0.4) is 0 Å². The molecule has 0 spiro atoms. The number of imidazole rings is 1. The van der Waals surface area contributed by atoms with Gasteiger partial charge in [-0.3, -0.25) is 0 Å². The smallest absolute Gasteiger partial charge is 0.312 e. The molecule has 2 rings (SSSR count). The van der Waals surface area contributed by atoms with E-state index in [1.807, 2.05) is 0 Å². The zero-order valence-electron chi connectivity index (χ0n) is 9.28. The molecule has 1 aromatic carbocycles. The molecule has 6 nitrogen and oxygen atoms in total. The van der Waals surface area contributed by atoms with Gasteiger partial charge < -0.3 is 21.4 Å². The topological polar surface area (TPSA) is 99.0 Å². The Balaban J connectivity index is 2.37. The van der Waals surface area contributed by atoms with E-state index in [0.29, 0.717) is 0 Å². The second kappa shape index (κ2) is 4.47. The quantitative estimate of drug-likeness (QED) is 0.747. The number of rotatable bonds is 3. The average Bonchev–Trinajstić information content (AvgIpc) is 2.56. The standard InChI is InChI=1S/C10H11F2N5O/c11-5-3-6(12)8-7(4-5)17(9(13)16-8)2-1-15-10(14)18/h3-4H,1-2H2,(H2,13,16)(H3,14,15,18). The Morgan fingerprint density at radius 3 is 2.83 bits per heavy atom. The first-order valence-electron chi connectivity index (χ1n) is 5.13. The van der Waals surface area contributed by atoms with Crippen molar-refractivity contribution in [1.82, 2.24) is 14.9 Å². The molecule has 2 aromatic rings. The van der Waals surface area contributed by atoms with Gasteiger partial charge in [-0.15, -0.1) is 0 Å². The number of carbonyl (C=O) groups is 1. The summed E-state index contributed by atoms with van der Waals surface area (Å²) in [6, 6.07) is 1.18. The molecule has 0 radical (unpaired) electrons. The number of carbonyl (C=O) groups excluding carboxylic acids is 1. The largest absolute Gasteiger partial charge is 0.369 e. The van der Waals surface area contributed by atoms with Crippen LogP contribution in [0.25, 0.3) is 11.0 Å². The first-order chi connectivity index (χ1) is 8.49. The van der Waals surface area contributed by atoms with E-state index in [-0.39, 0.29) is 30.1 Å². The molecule has 0 aliphatic carbocycles. The molecule has 1 aromatic heterocycles. The summed E-state index contributed by atoms with van der Waals surface area (Å²) in [4.78, 5) is 14.3. The third-order valence-electron chi connectivity index (χ3n) is 2.44. The van der Waals surface area contributed by atoms with Gasteiger partial charge in [-0.2, -0.15) is 0 Å². The second-order valence-corrected chi connectivity index (χ2v) is 3.67. The van der Waals surface area contributed by atoms with Crippen LogP contribution >= 0.6 is 0 Å². The summed E-state index contributed by atoms with van der Waals surface area (Å²) in [5.41, 5.74) is 10.7. The molecule has 5 N–H and O–H groups in total. The molecule has 0 aliphatic rings. The van der Waals surface area contributed by atoms with Crippen molar-refractivity contribution < 1.29 is 13.6 Å². The number of halogens is 2. The van der Waals surface area contributed by atoms with Crippen molar-refractivity contribution in [2.75, 3.05) is 12.3 Å². The molecule has 0 bridgehead atoms. The van der Waals surface area contributed by atoms with Gasteiger partial charge in [0.1, 0.15) is 11.3 Å². The number of amides is 2. The summed E-state index contributed by atoms with van der Waals surface area (Å²) in [7, 11) is 0. The Labute approximate surface area is 101 Å². The Bertz CT molecular complexity index is 610. The molecule has 0 saturated carbocycles. The van der Waals surface area contributed by atoms with Crippen LogP contribution in [0.4, 0.5) is 19.5 Å². The number of aromatic nitrogens is 2. The Kier molecular flexibility index (Phi) is 3.00. The van der Waals surface area contributed by atoms with Crippen LogP contribution in [0, 0.1) is 11.6 Å². The van der Waals surface area contributed by atoms with Gasteiger partial charge in [0.05, 0.1) is 5.52 Å². The molecule has 1 heterocycles. The molecule has 8 heteroatoms. The lowest BCUT2D eigenvalue weighted by molar-refractivity contribution is 0.248. The van der Waals surface area contributed by atoms with E-state index >= 15 is 0 Å². The lowest BCUT2D eigenvalue weighted by atomic mass is 10.3. The van der Waals surface area contributed by atoms with Crippen LogP contribution in [0.5, 0.6) is 0 Å². The molecule has 0 aliphatic heterocycles. The van der Waals surface area contributed by atoms with E-state index in [9.17, 15) is 13.6 Å². The number of primary amides is 1. The number of anilines is 1. The summed E-state index contributed by atoms with van der Waals surface area (Å²) in [5.74, 6) is -1.46. The van der Waals surface area contributed by atoms with Crippen molar-refractivity contribution in [3.8, 4) is 0 Å². The van der Waals surface area contributed by atoms with Crippen molar-refractivity contribution in [3.05, 3.63) is 23.8 Å². The summed E-state index contributed by atoms with van der Waals surface area (Å²) < 4.78 is 28.0. The summed E-state index contributed by atoms with van der Waals surface area (Å²) in [6.07, 6.45) is 0. The maximum absolute atomic E-state index is 13.4. The van der Waals surface area contributed by atoms with Crippen molar-refractivity contribution in [2.24, 2.45) is 5.73 Å². The van der Waals surface area contributed by atoms with E-state index in [0.717, 1.165) is 12.1 Å². The number of urea groups is 1. The normalized spacial score (nSPS) is 10.8. The van der Waals surface area contributed by atoms with E-state index in [1.54, 1.807) is 0 Å². The molecule has 0 fully saturated rings. The molecular formula is C10H11F2N5O. The molecule has 96 valence electrons. The van der Waals surface area contributed by atoms with Crippen LogP contribution in [0.15, 0.2) is 12.1 Å². The van der Waals surface area contributed by atoms with E-state index in [4.69, 9.17) is 11.5 Å². The minimum atomic E-state index is -0.779. The third-order valence-corrected chi connectivity index (χ3v) is 2.44. The molecule has 18 heavy (non-hydrogen) atoms. The highest BCUT2D eigenvalue weighted by Gasteiger charge is 2.13. The number of nitrogens with two attached hydrogens (primary N) is 2. The zero-order valence-corrected chi connectivity index (χ0v) is 9.28. The first kappa shape index (κ1) is 12.1. The van der Waals surface area contributed by atoms with Crippen LogP contribution < -0.4 is 16.8 Å². The number of hydrogen-bond donors (Lipinski definition) is 3. The fourth-order valence-corrected chi connectivity index (χ4v) is 1.69. The van der Waals surface area contributed by atoms with E-state index in [2.05, 4.69) is 10.3 Å². The highest BCUT2D eigenvalue weighted by molar-refractivity contribution is 5.79. The fourth-order valence-electron chi connectivity index (χ4n) is 1.69. The van der Waals surface area contributed by atoms with E-state index in [1.165, 1.54) is 4.57 Å². The molecule has 0 unspecified atom stereocenters. The van der Waals surface area contributed by atoms with Gasteiger partial charge in [0.25, 0.3) is 0 Å². The summed E-state index contributed by atoms with van der Waals surface area (Å²) >= 11 is 0. The van der Waals surface area contributed by atoms with Crippen molar-refractivity contribution in [1.29, 1.82) is 0 Å². The Hall–Kier alpha value is -2.38. The second-order valence-electron chi connectivity index (χ2n) is 3.67. The molecule has 0 atom stereocenters.